The van der Waals surface area contributed by atoms with Gasteiger partial charge in [-0.1, -0.05) is 12.8 Å². The van der Waals surface area contributed by atoms with E-state index in [2.05, 4.69) is 5.32 Å². The summed E-state index contributed by atoms with van der Waals surface area (Å²) in [6.07, 6.45) is 6.54. The minimum Gasteiger partial charge on any atom is -0.355 e. The molecule has 0 spiro atoms. The van der Waals surface area contributed by atoms with Crippen LogP contribution in [-0.4, -0.2) is 67.7 Å². The second-order valence-corrected chi connectivity index (χ2v) is 10.1. The Morgan fingerprint density at radius 1 is 1.17 bits per heavy atom. The van der Waals surface area contributed by atoms with Gasteiger partial charge in [-0.25, -0.2) is 0 Å². The van der Waals surface area contributed by atoms with Gasteiger partial charge >= 0.3 is 0 Å². The van der Waals surface area contributed by atoms with Crippen LogP contribution in [-0.2, 0) is 15.0 Å². The lowest BCUT2D eigenvalue weighted by Crippen LogP contribution is -2.47. The van der Waals surface area contributed by atoms with Crippen molar-refractivity contribution in [1.82, 2.24) is 13.9 Å². The first kappa shape index (κ1) is 19.0. The van der Waals surface area contributed by atoms with Gasteiger partial charge in [0.25, 0.3) is 10.2 Å². The monoisotopic (exact) mass is 363 g/mol. The average Bonchev–Trinajstić information content (AvgIpc) is 3.04. The third-order valence-electron chi connectivity index (χ3n) is 4.67. The van der Waals surface area contributed by atoms with Crippen molar-refractivity contribution in [2.24, 2.45) is 5.92 Å². The molecule has 2 fully saturated rings. The summed E-state index contributed by atoms with van der Waals surface area (Å²) in [5.74, 6) is 1.00. The molecule has 2 aliphatic rings. The lowest BCUT2D eigenvalue weighted by molar-refractivity contribution is -0.125. The molecule has 2 rings (SSSR count). The number of hydrogen-bond acceptors (Lipinski definition) is 4. The van der Waals surface area contributed by atoms with Gasteiger partial charge < -0.3 is 5.32 Å². The molecule has 23 heavy (non-hydrogen) atoms. The Morgan fingerprint density at radius 2 is 1.78 bits per heavy atom. The zero-order chi connectivity index (χ0) is 16.9. The van der Waals surface area contributed by atoms with Gasteiger partial charge in [0.2, 0.25) is 5.91 Å². The molecular weight excluding hydrogens is 334 g/mol. The molecule has 0 bridgehead atoms. The summed E-state index contributed by atoms with van der Waals surface area (Å²) in [5, 5.41) is 3.80. The molecule has 0 radical (unpaired) electrons. The van der Waals surface area contributed by atoms with E-state index in [1.807, 2.05) is 11.8 Å². The molecule has 0 aromatic carbocycles. The number of nitrogens with zero attached hydrogens (tertiary/aromatic N) is 2. The lowest BCUT2D eigenvalue weighted by Gasteiger charge is -2.32. The zero-order valence-corrected chi connectivity index (χ0v) is 15.8. The Balaban J connectivity index is 1.65. The summed E-state index contributed by atoms with van der Waals surface area (Å²) < 4.78 is 26.8. The fourth-order valence-corrected chi connectivity index (χ4v) is 5.53. The van der Waals surface area contributed by atoms with Crippen LogP contribution < -0.4 is 5.32 Å². The van der Waals surface area contributed by atoms with Crippen molar-refractivity contribution < 1.29 is 13.2 Å². The van der Waals surface area contributed by atoms with E-state index in [9.17, 15) is 13.2 Å². The van der Waals surface area contributed by atoms with Crippen LogP contribution in [0.15, 0.2) is 0 Å². The first-order valence-electron chi connectivity index (χ1n) is 8.48. The Hall–Kier alpha value is -0.310. The van der Waals surface area contributed by atoms with Gasteiger partial charge in [0.15, 0.2) is 0 Å². The van der Waals surface area contributed by atoms with E-state index in [1.165, 1.54) is 48.4 Å². The molecule has 0 atom stereocenters. The molecule has 0 unspecified atom stereocenters. The summed E-state index contributed by atoms with van der Waals surface area (Å²) in [6.45, 7) is 1.57. The highest BCUT2D eigenvalue weighted by Gasteiger charge is 2.32. The molecule has 134 valence electrons. The molecule has 1 amide bonds. The minimum atomic E-state index is -3.35. The van der Waals surface area contributed by atoms with Crippen LogP contribution in [0.1, 0.15) is 38.5 Å². The maximum absolute atomic E-state index is 12.2. The highest BCUT2D eigenvalue weighted by atomic mass is 32.2. The molecule has 0 aromatic rings. The summed E-state index contributed by atoms with van der Waals surface area (Å²) in [7, 11) is -0.272. The van der Waals surface area contributed by atoms with Crippen molar-refractivity contribution in [3.8, 4) is 0 Å². The Kier molecular flexibility index (Phi) is 7.19. The van der Waals surface area contributed by atoms with Gasteiger partial charge in [0.05, 0.1) is 0 Å². The zero-order valence-electron chi connectivity index (χ0n) is 14.2. The summed E-state index contributed by atoms with van der Waals surface area (Å²) >= 11 is 1.97. The van der Waals surface area contributed by atoms with Crippen LogP contribution in [0.4, 0.5) is 0 Å². The molecule has 1 saturated heterocycles. The minimum absolute atomic E-state index is 0.0555. The van der Waals surface area contributed by atoms with Crippen molar-refractivity contribution in [2.75, 3.05) is 39.5 Å². The summed E-state index contributed by atoms with van der Waals surface area (Å²) in [4.78, 5) is 12.2. The molecule has 1 heterocycles. The summed E-state index contributed by atoms with van der Waals surface area (Å²) in [5.41, 5.74) is 0. The SMILES string of the molecule is CN(C)S(=O)(=O)N1CCC(C(=O)NCCSC2CCCC2)CC1. The van der Waals surface area contributed by atoms with Crippen LogP contribution in [0, 0.1) is 5.92 Å². The third-order valence-corrected chi connectivity index (χ3v) is 7.99. The largest absolute Gasteiger partial charge is 0.355 e. The van der Waals surface area contributed by atoms with Gasteiger partial charge in [-0.2, -0.15) is 28.8 Å². The molecule has 6 nitrogen and oxygen atoms in total. The smallest absolute Gasteiger partial charge is 0.281 e. The number of carbonyl (C=O) groups is 1. The topological polar surface area (TPSA) is 69.7 Å². The van der Waals surface area contributed by atoms with Crippen molar-refractivity contribution in [3.05, 3.63) is 0 Å². The van der Waals surface area contributed by atoms with Crippen molar-refractivity contribution in [2.45, 2.75) is 43.8 Å². The van der Waals surface area contributed by atoms with Crippen molar-refractivity contribution >= 4 is 27.9 Å². The Morgan fingerprint density at radius 3 is 2.35 bits per heavy atom. The number of nitrogens with one attached hydrogen (secondary N) is 1. The number of piperidine rings is 1. The first-order valence-corrected chi connectivity index (χ1v) is 10.9. The number of carbonyl (C=O) groups excluding carboxylic acids is 1. The lowest BCUT2D eigenvalue weighted by atomic mass is 9.97. The van der Waals surface area contributed by atoms with Crippen molar-refractivity contribution in [3.63, 3.8) is 0 Å². The molecule has 0 aromatic heterocycles. The molecular formula is C15H29N3O3S2. The molecule has 8 heteroatoms. The van der Waals surface area contributed by atoms with E-state index >= 15 is 0 Å². The van der Waals surface area contributed by atoms with Crippen LogP contribution >= 0.6 is 11.8 Å². The first-order chi connectivity index (χ1) is 10.9. The van der Waals surface area contributed by atoms with E-state index < -0.39 is 10.2 Å². The Bertz CT molecular complexity index is 482. The van der Waals surface area contributed by atoms with Gasteiger partial charge in [-0.15, -0.1) is 0 Å². The fraction of sp³-hybridized carbons (Fsp3) is 0.933. The molecule has 1 saturated carbocycles. The fourth-order valence-electron chi connectivity index (χ4n) is 3.18. The molecule has 1 N–H and O–H groups in total. The van der Waals surface area contributed by atoms with E-state index in [-0.39, 0.29) is 11.8 Å². The van der Waals surface area contributed by atoms with E-state index in [4.69, 9.17) is 0 Å². The number of amides is 1. The quantitative estimate of drug-likeness (QED) is 0.692. The van der Waals surface area contributed by atoms with E-state index in [0.717, 1.165) is 17.5 Å². The standard InChI is InChI=1S/C15H29N3O3S2/c1-17(2)23(20,21)18-10-7-13(8-11-18)15(19)16-9-12-22-14-5-3-4-6-14/h13-14H,3-12H2,1-2H3,(H,16,19). The van der Waals surface area contributed by atoms with Gasteiger partial charge in [-0.05, 0) is 25.7 Å². The number of thioether (sulfide) groups is 1. The summed E-state index contributed by atoms with van der Waals surface area (Å²) in [6, 6.07) is 0. The van der Waals surface area contributed by atoms with Crippen LogP contribution in [0.2, 0.25) is 0 Å². The van der Waals surface area contributed by atoms with E-state index in [1.54, 1.807) is 0 Å². The van der Waals surface area contributed by atoms with Crippen LogP contribution in [0.3, 0.4) is 0 Å². The maximum atomic E-state index is 12.2. The van der Waals surface area contributed by atoms with E-state index in [0.29, 0.717) is 25.9 Å². The number of rotatable bonds is 7. The molecule has 1 aliphatic carbocycles. The Labute approximate surface area is 144 Å². The predicted octanol–water partition coefficient (Wildman–Crippen LogP) is 1.30. The van der Waals surface area contributed by atoms with Crippen LogP contribution in [0.25, 0.3) is 0 Å². The molecule has 1 aliphatic heterocycles. The average molecular weight is 364 g/mol. The predicted molar refractivity (Wildman–Crippen MR) is 94.6 cm³/mol. The normalized spacial score (nSPS) is 21.9. The van der Waals surface area contributed by atoms with Gasteiger partial charge in [0.1, 0.15) is 0 Å². The second-order valence-electron chi connectivity index (χ2n) is 6.53. The second kappa shape index (κ2) is 8.69. The third kappa shape index (κ3) is 5.34. The highest BCUT2D eigenvalue weighted by molar-refractivity contribution is 7.99. The van der Waals surface area contributed by atoms with Crippen molar-refractivity contribution in [1.29, 1.82) is 0 Å². The maximum Gasteiger partial charge on any atom is 0.281 e. The van der Waals surface area contributed by atoms with Gasteiger partial charge in [-0.3, -0.25) is 4.79 Å². The van der Waals surface area contributed by atoms with Gasteiger partial charge in [0, 0.05) is 50.7 Å². The highest BCUT2D eigenvalue weighted by Crippen LogP contribution is 2.29. The van der Waals surface area contributed by atoms with Crippen LogP contribution in [0.5, 0.6) is 0 Å². The number of hydrogen-bond donors (Lipinski definition) is 1.